The molecule has 0 aliphatic carbocycles. The first-order valence-electron chi connectivity index (χ1n) is 13.3. The first-order valence-corrected chi connectivity index (χ1v) is 14.4. The molecule has 5 rings (SSSR count). The molecule has 1 heterocycles. The third-order valence-corrected chi connectivity index (χ3v) is 7.64. The summed E-state index contributed by atoms with van der Waals surface area (Å²) in [5.41, 5.74) is 6.39. The van der Waals surface area contributed by atoms with E-state index in [0.29, 0.717) is 28.5 Å². The van der Waals surface area contributed by atoms with Crippen LogP contribution in [0.3, 0.4) is 0 Å². The maximum atomic E-state index is 13.3. The second-order valence-electron chi connectivity index (χ2n) is 9.32. The SMILES string of the molecule is COc1cc(C=NNC(=O)c2[nH]c3c(I)cccc3c2-c2ccccc2)ccc1OC(=O)c1cc(OC)c(OC)c(OC)c1. The van der Waals surface area contributed by atoms with Gasteiger partial charge < -0.3 is 28.7 Å². The van der Waals surface area contributed by atoms with E-state index >= 15 is 0 Å². The molecule has 0 radical (unpaired) electrons. The van der Waals surface area contributed by atoms with Crippen LogP contribution >= 0.6 is 22.6 Å². The number of aromatic nitrogens is 1. The number of esters is 1. The molecular formula is C33H28IN3O7. The lowest BCUT2D eigenvalue weighted by Gasteiger charge is -2.14. The molecule has 224 valence electrons. The molecule has 0 unspecified atom stereocenters. The molecule has 0 bridgehead atoms. The average molecular weight is 706 g/mol. The van der Waals surface area contributed by atoms with E-state index < -0.39 is 11.9 Å². The van der Waals surface area contributed by atoms with Crippen molar-refractivity contribution in [2.45, 2.75) is 0 Å². The fraction of sp³-hybridized carbons (Fsp3) is 0.121. The summed E-state index contributed by atoms with van der Waals surface area (Å²) in [6, 6.07) is 23.5. The van der Waals surface area contributed by atoms with Gasteiger partial charge in [-0.3, -0.25) is 4.79 Å². The number of halogens is 1. The summed E-state index contributed by atoms with van der Waals surface area (Å²) in [6.45, 7) is 0. The van der Waals surface area contributed by atoms with Crippen LogP contribution in [0.2, 0.25) is 0 Å². The molecule has 0 fully saturated rings. The number of hydrogen-bond donors (Lipinski definition) is 2. The first kappa shape index (κ1) is 30.4. The van der Waals surface area contributed by atoms with Crippen LogP contribution in [0.15, 0.2) is 84.0 Å². The van der Waals surface area contributed by atoms with E-state index in [1.54, 1.807) is 18.2 Å². The van der Waals surface area contributed by atoms with E-state index in [-0.39, 0.29) is 17.1 Å². The molecule has 1 aromatic heterocycles. The van der Waals surface area contributed by atoms with Crippen LogP contribution in [0.4, 0.5) is 0 Å². The van der Waals surface area contributed by atoms with Gasteiger partial charge in [0.1, 0.15) is 5.69 Å². The van der Waals surface area contributed by atoms with Crippen molar-refractivity contribution in [3.05, 3.63) is 99.3 Å². The van der Waals surface area contributed by atoms with E-state index in [2.05, 4.69) is 38.1 Å². The molecule has 4 aromatic carbocycles. The standard InChI is InChI=1S/C33H28IN3O7/c1-40-25-15-19(13-14-24(25)44-33(39)21-16-26(41-2)31(43-4)27(17-21)42-3)18-35-37-32(38)30-28(20-9-6-5-7-10-20)22-11-8-12-23(34)29(22)36-30/h5-18,36H,1-4H3,(H,37,38). The zero-order valence-electron chi connectivity index (χ0n) is 24.3. The lowest BCUT2D eigenvalue weighted by Crippen LogP contribution is -2.18. The van der Waals surface area contributed by atoms with Gasteiger partial charge in [-0.2, -0.15) is 5.10 Å². The van der Waals surface area contributed by atoms with Crippen LogP contribution in [-0.4, -0.2) is 51.5 Å². The normalized spacial score (nSPS) is 10.9. The molecule has 0 aliphatic heterocycles. The quantitative estimate of drug-likeness (QED) is 0.0563. The van der Waals surface area contributed by atoms with Crippen LogP contribution in [0, 0.1) is 3.57 Å². The predicted molar refractivity (Wildman–Crippen MR) is 176 cm³/mol. The third-order valence-electron chi connectivity index (χ3n) is 6.74. The van der Waals surface area contributed by atoms with Crippen molar-refractivity contribution in [1.82, 2.24) is 10.4 Å². The van der Waals surface area contributed by atoms with Crippen LogP contribution in [0.5, 0.6) is 28.7 Å². The van der Waals surface area contributed by atoms with Crippen molar-refractivity contribution in [2.75, 3.05) is 28.4 Å². The van der Waals surface area contributed by atoms with Crippen LogP contribution in [0.1, 0.15) is 26.4 Å². The third kappa shape index (κ3) is 6.18. The number of carbonyl (C=O) groups excluding carboxylic acids is 2. The van der Waals surface area contributed by atoms with Gasteiger partial charge in [-0.05, 0) is 70.1 Å². The molecule has 10 nitrogen and oxygen atoms in total. The van der Waals surface area contributed by atoms with Crippen LogP contribution in [-0.2, 0) is 0 Å². The number of para-hydroxylation sites is 1. The lowest BCUT2D eigenvalue weighted by atomic mass is 10.0. The molecule has 11 heteroatoms. The van der Waals surface area contributed by atoms with Gasteiger partial charge in [0.05, 0.1) is 45.7 Å². The largest absolute Gasteiger partial charge is 0.493 e. The van der Waals surface area contributed by atoms with E-state index in [1.165, 1.54) is 46.8 Å². The van der Waals surface area contributed by atoms with Gasteiger partial charge in [0.15, 0.2) is 23.0 Å². The Morgan fingerprint density at radius 2 is 1.50 bits per heavy atom. The Bertz CT molecular complexity index is 1840. The van der Waals surface area contributed by atoms with Gasteiger partial charge in [-0.15, -0.1) is 0 Å². The number of hydrogen-bond acceptors (Lipinski definition) is 8. The Morgan fingerprint density at radius 3 is 2.16 bits per heavy atom. The van der Waals surface area contributed by atoms with Crippen molar-refractivity contribution in [3.63, 3.8) is 0 Å². The fourth-order valence-corrected chi connectivity index (χ4v) is 5.32. The zero-order valence-corrected chi connectivity index (χ0v) is 26.4. The van der Waals surface area contributed by atoms with Crippen LogP contribution < -0.4 is 29.1 Å². The number of benzene rings is 4. The number of nitrogens with zero attached hydrogens (tertiary/aromatic N) is 1. The number of ether oxygens (including phenoxy) is 5. The molecular weight excluding hydrogens is 677 g/mol. The number of methoxy groups -OCH3 is 4. The number of aromatic amines is 1. The van der Waals surface area contributed by atoms with Crippen molar-refractivity contribution >= 4 is 51.6 Å². The first-order chi connectivity index (χ1) is 21.4. The summed E-state index contributed by atoms with van der Waals surface area (Å²) in [4.78, 5) is 29.6. The highest BCUT2D eigenvalue weighted by atomic mass is 127. The second-order valence-corrected chi connectivity index (χ2v) is 10.5. The number of rotatable bonds is 10. The van der Waals surface area contributed by atoms with Gasteiger partial charge in [0.25, 0.3) is 5.91 Å². The Kier molecular flexibility index (Phi) is 9.34. The summed E-state index contributed by atoms with van der Waals surface area (Å²) in [5.74, 6) is 0.420. The Balaban J connectivity index is 1.34. The summed E-state index contributed by atoms with van der Waals surface area (Å²) >= 11 is 2.24. The van der Waals surface area contributed by atoms with Gasteiger partial charge in [-0.1, -0.05) is 42.5 Å². The highest BCUT2D eigenvalue weighted by Gasteiger charge is 2.21. The maximum Gasteiger partial charge on any atom is 0.343 e. The van der Waals surface area contributed by atoms with E-state index in [4.69, 9.17) is 23.7 Å². The molecule has 5 aromatic rings. The highest BCUT2D eigenvalue weighted by Crippen LogP contribution is 2.39. The number of nitrogens with one attached hydrogen (secondary N) is 2. The van der Waals surface area contributed by atoms with Crippen molar-refractivity contribution < 1.29 is 33.3 Å². The number of amides is 1. The minimum Gasteiger partial charge on any atom is -0.493 e. The fourth-order valence-electron chi connectivity index (χ4n) is 4.68. The number of hydrazone groups is 1. The van der Waals surface area contributed by atoms with E-state index in [1.807, 2.05) is 48.5 Å². The lowest BCUT2D eigenvalue weighted by molar-refractivity contribution is 0.0728. The van der Waals surface area contributed by atoms with Gasteiger partial charge in [0.2, 0.25) is 5.75 Å². The molecule has 2 N–H and O–H groups in total. The van der Waals surface area contributed by atoms with Gasteiger partial charge in [-0.25, -0.2) is 10.2 Å². The molecule has 1 amide bonds. The van der Waals surface area contributed by atoms with Gasteiger partial charge in [0, 0.05) is 14.5 Å². The molecule has 0 saturated carbocycles. The summed E-state index contributed by atoms with van der Waals surface area (Å²) in [6.07, 6.45) is 1.47. The smallest absolute Gasteiger partial charge is 0.343 e. The monoisotopic (exact) mass is 705 g/mol. The average Bonchev–Trinajstić information content (AvgIpc) is 3.46. The number of carbonyl (C=O) groups is 2. The molecule has 0 aliphatic rings. The second kappa shape index (κ2) is 13.5. The summed E-state index contributed by atoms with van der Waals surface area (Å²) in [7, 11) is 5.85. The maximum absolute atomic E-state index is 13.3. The topological polar surface area (TPSA) is 120 Å². The minimum absolute atomic E-state index is 0.188. The summed E-state index contributed by atoms with van der Waals surface area (Å²) < 4.78 is 28.0. The zero-order chi connectivity index (χ0) is 31.2. The number of H-pyrrole nitrogens is 1. The predicted octanol–water partition coefficient (Wildman–Crippen LogP) is 6.46. The summed E-state index contributed by atoms with van der Waals surface area (Å²) in [5, 5.41) is 5.11. The Labute approximate surface area is 267 Å². The molecule has 0 saturated heterocycles. The molecule has 0 atom stereocenters. The minimum atomic E-state index is -0.654. The molecule has 44 heavy (non-hydrogen) atoms. The molecule has 0 spiro atoms. The van der Waals surface area contributed by atoms with Crippen molar-refractivity contribution in [1.29, 1.82) is 0 Å². The number of fused-ring (bicyclic) bond motifs is 1. The Morgan fingerprint density at radius 1 is 0.795 bits per heavy atom. The Hall–Kier alpha value is -5.04. The highest BCUT2D eigenvalue weighted by molar-refractivity contribution is 14.1. The van der Waals surface area contributed by atoms with Gasteiger partial charge >= 0.3 is 5.97 Å². The van der Waals surface area contributed by atoms with Crippen molar-refractivity contribution in [2.24, 2.45) is 5.10 Å². The van der Waals surface area contributed by atoms with Crippen LogP contribution in [0.25, 0.3) is 22.0 Å². The van der Waals surface area contributed by atoms with Crippen molar-refractivity contribution in [3.8, 4) is 39.9 Å². The van der Waals surface area contributed by atoms with E-state index in [9.17, 15) is 9.59 Å². The van der Waals surface area contributed by atoms with E-state index in [0.717, 1.165) is 25.6 Å².